The third-order valence-corrected chi connectivity index (χ3v) is 2.45. The smallest absolute Gasteiger partial charge is 0.407 e. The third kappa shape index (κ3) is 2.86. The maximum atomic E-state index is 13.1. The first-order valence-corrected chi connectivity index (χ1v) is 4.83. The summed E-state index contributed by atoms with van der Waals surface area (Å²) in [5.74, 6) is -0.551. The van der Waals surface area contributed by atoms with Gasteiger partial charge < -0.3 is 10.1 Å². The molecule has 0 bridgehead atoms. The van der Waals surface area contributed by atoms with Crippen LogP contribution in [0, 0.1) is 17.1 Å². The predicted molar refractivity (Wildman–Crippen MR) is 60.2 cm³/mol. The Kier molecular flexibility index (Phi) is 4.30. The number of nitrogens with one attached hydrogen (secondary N) is 1. The summed E-state index contributed by atoms with van der Waals surface area (Å²) in [6, 6.07) is 5.80. The quantitative estimate of drug-likeness (QED) is 0.839. The van der Waals surface area contributed by atoms with Crippen molar-refractivity contribution >= 4 is 18.5 Å². The Bertz CT molecular complexity index is 473. The summed E-state index contributed by atoms with van der Waals surface area (Å²) in [7, 11) is 0. The second-order valence-corrected chi connectivity index (χ2v) is 3.47. The van der Waals surface area contributed by atoms with Crippen molar-refractivity contribution < 1.29 is 13.9 Å². The average Bonchev–Trinajstić information content (AvgIpc) is 2.29. The number of ether oxygens (including phenoxy) is 1. The van der Waals surface area contributed by atoms with Gasteiger partial charge >= 0.3 is 6.09 Å². The van der Waals surface area contributed by atoms with Crippen LogP contribution in [0.2, 0.25) is 0 Å². The molecule has 0 spiro atoms. The molecular weight excluding hydrogens is 247 g/mol. The number of hydrogen-bond donors (Lipinski definition) is 1. The Labute approximate surface area is 104 Å². The number of cyclic esters (lactones) is 1. The summed E-state index contributed by atoms with van der Waals surface area (Å²) in [5, 5.41) is 11.3. The van der Waals surface area contributed by atoms with Gasteiger partial charge in [-0.05, 0) is 17.7 Å². The van der Waals surface area contributed by atoms with Gasteiger partial charge in [-0.25, -0.2) is 9.18 Å². The van der Waals surface area contributed by atoms with Crippen molar-refractivity contribution in [1.82, 2.24) is 5.32 Å². The number of benzene rings is 1. The summed E-state index contributed by atoms with van der Waals surface area (Å²) in [4.78, 5) is 11.0. The summed E-state index contributed by atoms with van der Waals surface area (Å²) >= 11 is 0. The Morgan fingerprint density at radius 2 is 2.29 bits per heavy atom. The van der Waals surface area contributed by atoms with Crippen LogP contribution in [-0.4, -0.2) is 12.7 Å². The molecule has 0 aromatic heterocycles. The van der Waals surface area contributed by atoms with E-state index in [0.29, 0.717) is 13.0 Å². The van der Waals surface area contributed by atoms with Crippen LogP contribution < -0.4 is 5.32 Å². The van der Waals surface area contributed by atoms with Crippen LogP contribution in [0.25, 0.3) is 0 Å². The fourth-order valence-electron chi connectivity index (χ4n) is 1.62. The Morgan fingerprint density at radius 3 is 2.94 bits per heavy atom. The van der Waals surface area contributed by atoms with E-state index in [-0.39, 0.29) is 24.0 Å². The number of halogens is 2. The molecule has 6 heteroatoms. The molecule has 1 aromatic rings. The average molecular weight is 257 g/mol. The third-order valence-electron chi connectivity index (χ3n) is 2.45. The second-order valence-electron chi connectivity index (χ2n) is 3.47. The van der Waals surface area contributed by atoms with Crippen LogP contribution in [0.1, 0.15) is 23.6 Å². The van der Waals surface area contributed by atoms with Gasteiger partial charge in [-0.2, -0.15) is 5.26 Å². The number of nitriles is 1. The van der Waals surface area contributed by atoms with Crippen molar-refractivity contribution in [2.24, 2.45) is 0 Å². The number of rotatable bonds is 1. The van der Waals surface area contributed by atoms with Gasteiger partial charge in [0.2, 0.25) is 0 Å². The number of carbonyl (C=O) groups excluding carboxylic acids is 1. The zero-order valence-electron chi connectivity index (χ0n) is 8.77. The highest BCUT2D eigenvalue weighted by Gasteiger charge is 2.21. The Balaban J connectivity index is 0.00000144. The van der Waals surface area contributed by atoms with E-state index in [2.05, 4.69) is 5.32 Å². The standard InChI is InChI=1S/C11H9FN2O2.ClH/c12-9-2-1-7(5-8(9)6-13)10-3-4-16-11(15)14-10;/h1-2,5,10H,3-4H2,(H,14,15);1H/t10-;/m1./s1. The molecule has 0 unspecified atom stereocenters. The largest absolute Gasteiger partial charge is 0.449 e. The van der Waals surface area contributed by atoms with Gasteiger partial charge in [0.05, 0.1) is 18.2 Å². The molecule has 1 aromatic carbocycles. The molecule has 4 nitrogen and oxygen atoms in total. The molecule has 1 aliphatic rings. The minimum absolute atomic E-state index is 0. The van der Waals surface area contributed by atoms with Gasteiger partial charge in [-0.15, -0.1) is 12.4 Å². The summed E-state index contributed by atoms with van der Waals surface area (Å²) in [6.07, 6.45) is 0.126. The molecule has 17 heavy (non-hydrogen) atoms. The fraction of sp³-hybridized carbons (Fsp3) is 0.273. The van der Waals surface area contributed by atoms with Crippen molar-refractivity contribution in [3.8, 4) is 6.07 Å². The van der Waals surface area contributed by atoms with E-state index in [1.165, 1.54) is 12.1 Å². The number of nitrogens with zero attached hydrogens (tertiary/aromatic N) is 1. The summed E-state index contributed by atoms with van der Waals surface area (Å²) in [5.41, 5.74) is 0.702. The zero-order valence-corrected chi connectivity index (χ0v) is 9.59. The fourth-order valence-corrected chi connectivity index (χ4v) is 1.62. The van der Waals surface area contributed by atoms with E-state index in [4.69, 9.17) is 10.00 Å². The van der Waals surface area contributed by atoms with E-state index >= 15 is 0 Å². The highest BCUT2D eigenvalue weighted by molar-refractivity contribution is 5.85. The van der Waals surface area contributed by atoms with Crippen LogP contribution in [0.15, 0.2) is 18.2 Å². The number of hydrogen-bond acceptors (Lipinski definition) is 3. The van der Waals surface area contributed by atoms with E-state index in [0.717, 1.165) is 5.56 Å². The van der Waals surface area contributed by atoms with E-state index in [9.17, 15) is 9.18 Å². The Morgan fingerprint density at radius 1 is 1.53 bits per heavy atom. The molecule has 1 N–H and O–H groups in total. The lowest BCUT2D eigenvalue weighted by molar-refractivity contribution is 0.115. The molecule has 0 saturated carbocycles. The maximum Gasteiger partial charge on any atom is 0.407 e. The molecule has 1 atom stereocenters. The summed E-state index contributed by atoms with van der Waals surface area (Å²) in [6.45, 7) is 0.329. The van der Waals surface area contributed by atoms with Gasteiger partial charge in [0, 0.05) is 6.42 Å². The van der Waals surface area contributed by atoms with Crippen LogP contribution >= 0.6 is 12.4 Å². The second kappa shape index (κ2) is 5.51. The van der Waals surface area contributed by atoms with E-state index in [1.54, 1.807) is 12.1 Å². The molecule has 0 aliphatic carbocycles. The van der Waals surface area contributed by atoms with Crippen LogP contribution in [0.3, 0.4) is 0 Å². The monoisotopic (exact) mass is 256 g/mol. The normalized spacial score (nSPS) is 18.4. The van der Waals surface area contributed by atoms with Gasteiger partial charge in [0.15, 0.2) is 0 Å². The minimum Gasteiger partial charge on any atom is -0.449 e. The first kappa shape index (κ1) is 13.3. The molecule has 90 valence electrons. The van der Waals surface area contributed by atoms with Crippen molar-refractivity contribution in [3.05, 3.63) is 35.1 Å². The van der Waals surface area contributed by atoms with Gasteiger partial charge in [0.25, 0.3) is 0 Å². The molecule has 1 saturated heterocycles. The lowest BCUT2D eigenvalue weighted by Crippen LogP contribution is -2.35. The van der Waals surface area contributed by atoms with Crippen LogP contribution in [0.4, 0.5) is 9.18 Å². The van der Waals surface area contributed by atoms with Crippen LogP contribution in [0.5, 0.6) is 0 Å². The number of alkyl carbamates (subject to hydrolysis) is 1. The predicted octanol–water partition coefficient (Wildman–Crippen LogP) is 2.29. The minimum atomic E-state index is -0.551. The van der Waals surface area contributed by atoms with E-state index < -0.39 is 11.9 Å². The number of amides is 1. The number of carbonyl (C=O) groups is 1. The Hall–Kier alpha value is -1.80. The van der Waals surface area contributed by atoms with Gasteiger partial charge in [-0.1, -0.05) is 6.07 Å². The first-order chi connectivity index (χ1) is 7.70. The lowest BCUT2D eigenvalue weighted by atomic mass is 10.0. The van der Waals surface area contributed by atoms with Crippen molar-refractivity contribution in [2.75, 3.05) is 6.61 Å². The van der Waals surface area contributed by atoms with E-state index in [1.807, 2.05) is 0 Å². The highest BCUT2D eigenvalue weighted by atomic mass is 35.5. The van der Waals surface area contributed by atoms with Crippen molar-refractivity contribution in [2.45, 2.75) is 12.5 Å². The molecule has 0 radical (unpaired) electrons. The molecule has 1 aliphatic heterocycles. The molecule has 1 fully saturated rings. The summed E-state index contributed by atoms with van der Waals surface area (Å²) < 4.78 is 17.8. The SMILES string of the molecule is Cl.N#Cc1cc([C@H]2CCOC(=O)N2)ccc1F. The van der Waals surface area contributed by atoms with Gasteiger partial charge in [-0.3, -0.25) is 0 Å². The van der Waals surface area contributed by atoms with Crippen LogP contribution in [-0.2, 0) is 4.74 Å². The zero-order chi connectivity index (χ0) is 11.5. The topological polar surface area (TPSA) is 62.1 Å². The molecule has 1 heterocycles. The first-order valence-electron chi connectivity index (χ1n) is 4.83. The van der Waals surface area contributed by atoms with Crippen molar-refractivity contribution in [3.63, 3.8) is 0 Å². The lowest BCUT2D eigenvalue weighted by Gasteiger charge is -2.23. The molecule has 1 amide bonds. The highest BCUT2D eigenvalue weighted by Crippen LogP contribution is 2.22. The van der Waals surface area contributed by atoms with Crippen molar-refractivity contribution in [1.29, 1.82) is 5.26 Å². The van der Waals surface area contributed by atoms with Gasteiger partial charge in [0.1, 0.15) is 11.9 Å². The molecule has 2 rings (SSSR count). The maximum absolute atomic E-state index is 13.1. The molecular formula is C11H10ClFN2O2.